The second-order valence-corrected chi connectivity index (χ2v) is 6.11. The summed E-state index contributed by atoms with van der Waals surface area (Å²) in [5.41, 5.74) is -0.517. The summed E-state index contributed by atoms with van der Waals surface area (Å²) < 4.78 is 0. The van der Waals surface area contributed by atoms with E-state index in [0.717, 1.165) is 19.3 Å². The fourth-order valence-corrected chi connectivity index (χ4v) is 3.13. The lowest BCUT2D eigenvalue weighted by Gasteiger charge is -2.36. The predicted molar refractivity (Wildman–Crippen MR) is 84.4 cm³/mol. The van der Waals surface area contributed by atoms with Gasteiger partial charge < -0.3 is 15.7 Å². The molecule has 5 nitrogen and oxygen atoms in total. The third kappa shape index (κ3) is 3.59. The lowest BCUT2D eigenvalue weighted by atomic mass is 9.80. The quantitative estimate of drug-likeness (QED) is 0.792. The summed E-state index contributed by atoms with van der Waals surface area (Å²) in [6.07, 6.45) is 2.62. The molecule has 1 aromatic rings. The molecule has 6 heteroatoms. The van der Waals surface area contributed by atoms with Crippen molar-refractivity contribution in [1.29, 1.82) is 0 Å². The summed E-state index contributed by atoms with van der Waals surface area (Å²) in [7, 11) is 1.55. The molecule has 1 aliphatic carbocycles. The van der Waals surface area contributed by atoms with Gasteiger partial charge in [-0.15, -0.1) is 0 Å². The number of aliphatic hydroxyl groups excluding tert-OH is 1. The van der Waals surface area contributed by atoms with E-state index in [-0.39, 0.29) is 5.91 Å². The van der Waals surface area contributed by atoms with Crippen molar-refractivity contribution in [3.05, 3.63) is 34.9 Å². The maximum atomic E-state index is 12.4. The fourth-order valence-electron chi connectivity index (χ4n) is 2.94. The van der Waals surface area contributed by atoms with E-state index in [4.69, 9.17) is 11.6 Å². The molecule has 0 saturated heterocycles. The van der Waals surface area contributed by atoms with E-state index >= 15 is 0 Å². The van der Waals surface area contributed by atoms with Gasteiger partial charge in [-0.25, -0.2) is 0 Å². The first-order valence-electron chi connectivity index (χ1n) is 7.46. The van der Waals surface area contributed by atoms with Crippen LogP contribution in [0.2, 0.25) is 5.02 Å². The van der Waals surface area contributed by atoms with Gasteiger partial charge in [-0.05, 0) is 30.5 Å². The van der Waals surface area contributed by atoms with E-state index < -0.39 is 17.6 Å². The second-order valence-electron chi connectivity index (χ2n) is 5.67. The van der Waals surface area contributed by atoms with Crippen LogP contribution in [0, 0.1) is 0 Å². The Kier molecular flexibility index (Phi) is 5.42. The molecule has 1 aromatic carbocycles. The maximum absolute atomic E-state index is 12.4. The standard InChI is InChI=1S/C16H21ClN2O3/c1-18-15(22)16(8-3-2-4-9-16)19-14(21)13(20)11-6-5-7-12(17)10-11/h5-7,10,13,20H,2-4,8-9H2,1H3,(H,18,22)(H,19,21). The zero-order valence-electron chi connectivity index (χ0n) is 12.6. The number of hydrogen-bond donors (Lipinski definition) is 3. The number of aliphatic hydroxyl groups is 1. The Balaban J connectivity index is 2.15. The van der Waals surface area contributed by atoms with Crippen LogP contribution in [0.3, 0.4) is 0 Å². The number of nitrogens with one attached hydrogen (secondary N) is 2. The van der Waals surface area contributed by atoms with Gasteiger partial charge in [0.1, 0.15) is 5.54 Å². The molecule has 0 heterocycles. The van der Waals surface area contributed by atoms with E-state index in [0.29, 0.717) is 23.4 Å². The van der Waals surface area contributed by atoms with Gasteiger partial charge in [0.25, 0.3) is 5.91 Å². The Morgan fingerprint density at radius 2 is 1.95 bits per heavy atom. The molecule has 0 bridgehead atoms. The zero-order chi connectivity index (χ0) is 16.2. The Morgan fingerprint density at radius 1 is 1.27 bits per heavy atom. The summed E-state index contributed by atoms with van der Waals surface area (Å²) in [5.74, 6) is -0.786. The number of carbonyl (C=O) groups excluding carboxylic acids is 2. The van der Waals surface area contributed by atoms with Crippen LogP contribution >= 0.6 is 11.6 Å². The summed E-state index contributed by atoms with van der Waals surface area (Å²) in [4.78, 5) is 24.6. The van der Waals surface area contributed by atoms with Crippen LogP contribution < -0.4 is 10.6 Å². The molecular formula is C16H21ClN2O3. The van der Waals surface area contributed by atoms with Gasteiger partial charge in [-0.3, -0.25) is 9.59 Å². The van der Waals surface area contributed by atoms with Gasteiger partial charge in [-0.1, -0.05) is 43.0 Å². The number of rotatable bonds is 4. The van der Waals surface area contributed by atoms with Gasteiger partial charge in [0.15, 0.2) is 6.10 Å². The lowest BCUT2D eigenvalue weighted by Crippen LogP contribution is -2.59. The molecule has 2 amide bonds. The highest BCUT2D eigenvalue weighted by Crippen LogP contribution is 2.29. The number of likely N-dealkylation sites (N-methyl/N-ethyl adjacent to an activating group) is 1. The van der Waals surface area contributed by atoms with Crippen LogP contribution in [0.5, 0.6) is 0 Å². The van der Waals surface area contributed by atoms with Gasteiger partial charge in [0, 0.05) is 12.1 Å². The minimum absolute atomic E-state index is 0.209. The summed E-state index contributed by atoms with van der Waals surface area (Å²) >= 11 is 5.88. The van der Waals surface area contributed by atoms with Crippen molar-refractivity contribution in [2.24, 2.45) is 0 Å². The van der Waals surface area contributed by atoms with Crippen molar-refractivity contribution in [3.63, 3.8) is 0 Å². The first-order chi connectivity index (χ1) is 10.5. The average molecular weight is 325 g/mol. The Hall–Kier alpha value is -1.59. The van der Waals surface area contributed by atoms with Crippen molar-refractivity contribution in [1.82, 2.24) is 10.6 Å². The van der Waals surface area contributed by atoms with Crippen LogP contribution in [0.15, 0.2) is 24.3 Å². The highest BCUT2D eigenvalue weighted by Gasteiger charge is 2.41. The summed E-state index contributed by atoms with van der Waals surface area (Å²) in [6.45, 7) is 0. The van der Waals surface area contributed by atoms with Crippen LogP contribution in [-0.4, -0.2) is 29.5 Å². The third-order valence-electron chi connectivity index (χ3n) is 4.14. The topological polar surface area (TPSA) is 78.4 Å². The molecule has 2 rings (SSSR count). The molecule has 1 fully saturated rings. The molecule has 1 saturated carbocycles. The molecule has 0 radical (unpaired) electrons. The monoisotopic (exact) mass is 324 g/mol. The van der Waals surface area contributed by atoms with E-state index in [1.807, 2.05) is 0 Å². The smallest absolute Gasteiger partial charge is 0.254 e. The SMILES string of the molecule is CNC(=O)C1(NC(=O)C(O)c2cccc(Cl)c2)CCCCC1. The highest BCUT2D eigenvalue weighted by atomic mass is 35.5. The van der Waals surface area contributed by atoms with E-state index in [2.05, 4.69) is 10.6 Å². The van der Waals surface area contributed by atoms with Crippen LogP contribution in [0.25, 0.3) is 0 Å². The van der Waals surface area contributed by atoms with Crippen molar-refractivity contribution in [3.8, 4) is 0 Å². The Morgan fingerprint density at radius 3 is 2.55 bits per heavy atom. The van der Waals surface area contributed by atoms with Crippen LogP contribution in [0.1, 0.15) is 43.8 Å². The van der Waals surface area contributed by atoms with Gasteiger partial charge >= 0.3 is 0 Å². The van der Waals surface area contributed by atoms with Crippen LogP contribution in [0.4, 0.5) is 0 Å². The normalized spacial score (nSPS) is 18.3. The van der Waals surface area contributed by atoms with Crippen molar-refractivity contribution >= 4 is 23.4 Å². The third-order valence-corrected chi connectivity index (χ3v) is 4.38. The second kappa shape index (κ2) is 7.11. The maximum Gasteiger partial charge on any atom is 0.254 e. The summed E-state index contributed by atoms with van der Waals surface area (Å²) in [6, 6.07) is 6.51. The van der Waals surface area contributed by atoms with Crippen LogP contribution in [-0.2, 0) is 9.59 Å². The molecule has 1 atom stereocenters. The number of halogens is 1. The minimum Gasteiger partial charge on any atom is -0.378 e. The largest absolute Gasteiger partial charge is 0.378 e. The van der Waals surface area contributed by atoms with Gasteiger partial charge in [0.05, 0.1) is 0 Å². The van der Waals surface area contributed by atoms with Crippen molar-refractivity contribution in [2.75, 3.05) is 7.05 Å². The van der Waals surface area contributed by atoms with Gasteiger partial charge in [-0.2, -0.15) is 0 Å². The average Bonchev–Trinajstić information content (AvgIpc) is 2.54. The predicted octanol–water partition coefficient (Wildman–Crippen LogP) is 1.94. The van der Waals surface area contributed by atoms with Gasteiger partial charge in [0.2, 0.25) is 5.91 Å². The van der Waals surface area contributed by atoms with E-state index in [9.17, 15) is 14.7 Å². The molecule has 1 unspecified atom stereocenters. The highest BCUT2D eigenvalue weighted by molar-refractivity contribution is 6.30. The first kappa shape index (κ1) is 16.8. The first-order valence-corrected chi connectivity index (χ1v) is 7.84. The summed E-state index contributed by atoms with van der Waals surface area (Å²) in [5, 5.41) is 16.0. The van der Waals surface area contributed by atoms with E-state index in [1.165, 1.54) is 0 Å². The fraction of sp³-hybridized carbons (Fsp3) is 0.500. The number of benzene rings is 1. The number of amides is 2. The number of hydrogen-bond acceptors (Lipinski definition) is 3. The minimum atomic E-state index is -1.35. The Labute approximate surface area is 135 Å². The molecule has 0 spiro atoms. The molecule has 0 aliphatic heterocycles. The number of carbonyl (C=O) groups is 2. The van der Waals surface area contributed by atoms with Crippen molar-refractivity contribution in [2.45, 2.75) is 43.7 Å². The lowest BCUT2D eigenvalue weighted by molar-refractivity contribution is -0.139. The molecule has 3 N–H and O–H groups in total. The molecule has 1 aliphatic rings. The molecule has 22 heavy (non-hydrogen) atoms. The zero-order valence-corrected chi connectivity index (χ0v) is 13.3. The van der Waals surface area contributed by atoms with Crippen molar-refractivity contribution < 1.29 is 14.7 Å². The molecule has 0 aromatic heterocycles. The molecule has 120 valence electrons. The van der Waals surface area contributed by atoms with E-state index in [1.54, 1.807) is 31.3 Å². The molecular weight excluding hydrogens is 304 g/mol. The Bertz CT molecular complexity index is 556.